The quantitative estimate of drug-likeness (QED) is 0.600. The highest BCUT2D eigenvalue weighted by Gasteiger charge is 1.87. The molecule has 0 saturated carbocycles. The summed E-state index contributed by atoms with van der Waals surface area (Å²) in [5.41, 5.74) is 5.23. The Hall–Kier alpha value is -0.120. The van der Waals surface area contributed by atoms with Crippen LogP contribution in [0.2, 0.25) is 0 Å². The number of hydrogen-bond donors (Lipinski definition) is 1. The molecule has 0 aliphatic rings. The molecule has 0 fully saturated rings. The van der Waals surface area contributed by atoms with Gasteiger partial charge in [-0.1, -0.05) is 27.2 Å². The first-order valence-corrected chi connectivity index (χ1v) is 5.27. The molecular formula is C10H27NO2. The summed E-state index contributed by atoms with van der Waals surface area (Å²) in [5.74, 6) is 0. The second kappa shape index (κ2) is 17.8. The minimum Gasteiger partial charge on any atom is -0.379 e. The smallest absolute Gasteiger partial charge is 0.0701 e. The van der Waals surface area contributed by atoms with Crippen molar-refractivity contribution in [2.24, 2.45) is 5.73 Å². The third kappa shape index (κ3) is 18.7. The van der Waals surface area contributed by atoms with Crippen molar-refractivity contribution in [3.05, 3.63) is 0 Å². The Morgan fingerprint density at radius 3 is 2.00 bits per heavy atom. The van der Waals surface area contributed by atoms with E-state index in [0.717, 1.165) is 13.0 Å². The molecule has 2 N–H and O–H groups in total. The highest BCUT2D eigenvalue weighted by Crippen LogP contribution is 1.87. The maximum atomic E-state index is 5.25. The van der Waals surface area contributed by atoms with Crippen molar-refractivity contribution in [1.29, 1.82) is 0 Å². The van der Waals surface area contributed by atoms with E-state index in [1.165, 1.54) is 6.42 Å². The Balaban J connectivity index is -0.000000376. The molecule has 0 atom stereocenters. The molecule has 3 heteroatoms. The third-order valence-corrected chi connectivity index (χ3v) is 1.28. The van der Waals surface area contributed by atoms with Crippen molar-refractivity contribution < 1.29 is 10.9 Å². The average molecular weight is 193 g/mol. The van der Waals surface area contributed by atoms with Crippen LogP contribution in [0.1, 0.15) is 35.0 Å². The van der Waals surface area contributed by atoms with Gasteiger partial charge in [-0.3, -0.25) is 0 Å². The van der Waals surface area contributed by atoms with E-state index in [0.29, 0.717) is 26.4 Å². The summed E-state index contributed by atoms with van der Waals surface area (Å²) in [7, 11) is 0. The van der Waals surface area contributed by atoms with Crippen molar-refractivity contribution in [3.63, 3.8) is 0 Å². The van der Waals surface area contributed by atoms with Crippen LogP contribution in [0.3, 0.4) is 0 Å². The molecule has 0 aromatic heterocycles. The topological polar surface area (TPSA) is 44.5 Å². The molecule has 0 saturated heterocycles. The van der Waals surface area contributed by atoms with Crippen LogP contribution in [0.25, 0.3) is 0 Å². The van der Waals surface area contributed by atoms with E-state index >= 15 is 0 Å². The van der Waals surface area contributed by atoms with Crippen molar-refractivity contribution in [1.82, 2.24) is 0 Å². The number of nitrogens with two attached hydrogens (primary N) is 1. The fourth-order valence-corrected chi connectivity index (χ4v) is 0.652. The summed E-state index contributed by atoms with van der Waals surface area (Å²) in [5, 5.41) is 0. The van der Waals surface area contributed by atoms with Crippen LogP contribution in [0.5, 0.6) is 0 Å². The molecule has 13 heavy (non-hydrogen) atoms. The zero-order chi connectivity index (χ0) is 10.4. The first-order chi connectivity index (χ1) is 6.41. The summed E-state index contributed by atoms with van der Waals surface area (Å²) in [6.45, 7) is 9.59. The lowest BCUT2D eigenvalue weighted by molar-refractivity contribution is 0.0497. The highest BCUT2D eigenvalue weighted by molar-refractivity contribution is 4.34. The van der Waals surface area contributed by atoms with Gasteiger partial charge in [0.1, 0.15) is 0 Å². The fraction of sp³-hybridized carbons (Fsp3) is 1.00. The van der Waals surface area contributed by atoms with Crippen LogP contribution >= 0.6 is 0 Å². The Morgan fingerprint density at radius 1 is 1.00 bits per heavy atom. The molecule has 3 nitrogen and oxygen atoms in total. The third-order valence-electron chi connectivity index (χ3n) is 1.28. The Morgan fingerprint density at radius 2 is 1.54 bits per heavy atom. The van der Waals surface area contributed by atoms with E-state index < -0.39 is 0 Å². The van der Waals surface area contributed by atoms with E-state index in [1.807, 2.05) is 13.8 Å². The van der Waals surface area contributed by atoms with Crippen molar-refractivity contribution >= 4 is 0 Å². The first-order valence-electron chi connectivity index (χ1n) is 5.27. The van der Waals surface area contributed by atoms with Gasteiger partial charge < -0.3 is 15.2 Å². The maximum absolute atomic E-state index is 5.25. The number of rotatable bonds is 8. The monoisotopic (exact) mass is 193 g/mol. The number of hydrogen-bond acceptors (Lipinski definition) is 3. The molecular weight excluding hydrogens is 166 g/mol. The Bertz CT molecular complexity index is 67.1. The molecule has 0 spiro atoms. The second-order valence-electron chi connectivity index (χ2n) is 2.37. The van der Waals surface area contributed by atoms with Crippen LogP contribution < -0.4 is 5.73 Å². The molecule has 84 valence electrons. The van der Waals surface area contributed by atoms with E-state index in [-0.39, 0.29) is 1.43 Å². The molecule has 0 bridgehead atoms. The van der Waals surface area contributed by atoms with Gasteiger partial charge in [-0.25, -0.2) is 0 Å². The van der Waals surface area contributed by atoms with Gasteiger partial charge in [0.2, 0.25) is 0 Å². The zero-order valence-corrected chi connectivity index (χ0v) is 9.34. The first kappa shape index (κ1) is 15.4. The van der Waals surface area contributed by atoms with Crippen LogP contribution in [-0.4, -0.2) is 33.0 Å². The fourth-order valence-electron chi connectivity index (χ4n) is 0.652. The molecule has 0 aliphatic heterocycles. The Labute approximate surface area is 84.1 Å². The Kier molecular flexibility index (Phi) is 21.1. The van der Waals surface area contributed by atoms with Gasteiger partial charge in [-0.2, -0.15) is 0 Å². The lowest BCUT2D eigenvalue weighted by atomic mass is 10.4. The lowest BCUT2D eigenvalue weighted by Gasteiger charge is -2.03. The van der Waals surface area contributed by atoms with Gasteiger partial charge in [0, 0.05) is 14.6 Å². The summed E-state index contributed by atoms with van der Waals surface area (Å²) >= 11 is 0. The van der Waals surface area contributed by atoms with Gasteiger partial charge in [-0.15, -0.1) is 0 Å². The molecule has 0 rings (SSSR count). The molecule has 0 aliphatic carbocycles. The number of ether oxygens (including phenoxy) is 2. The largest absolute Gasteiger partial charge is 0.379 e. The number of unbranched alkanes of at least 4 members (excludes halogenated alkanes) is 1. The van der Waals surface area contributed by atoms with Crippen LogP contribution in [0.4, 0.5) is 0 Å². The molecule has 0 amide bonds. The standard InChI is InChI=1S/C8H19NO2.C2H6.H2/c1-2-3-5-10-7-8-11-6-4-9;1-2;/h2-9H2,1H3;1-2H3;1H. The molecule has 0 aromatic rings. The van der Waals surface area contributed by atoms with Crippen molar-refractivity contribution in [2.75, 3.05) is 33.0 Å². The predicted octanol–water partition coefficient (Wildman–Crippen LogP) is 2.05. The minimum atomic E-state index is 0. The summed E-state index contributed by atoms with van der Waals surface area (Å²) in [4.78, 5) is 0. The van der Waals surface area contributed by atoms with Crippen LogP contribution in [0.15, 0.2) is 0 Å². The summed E-state index contributed by atoms with van der Waals surface area (Å²) < 4.78 is 10.4. The van der Waals surface area contributed by atoms with Crippen LogP contribution in [0, 0.1) is 0 Å². The molecule has 0 heterocycles. The SMILES string of the molecule is CC.CCCCOCCOCCN.[HH]. The summed E-state index contributed by atoms with van der Waals surface area (Å²) in [6, 6.07) is 0. The van der Waals surface area contributed by atoms with E-state index in [2.05, 4.69) is 6.92 Å². The second-order valence-corrected chi connectivity index (χ2v) is 2.37. The minimum absolute atomic E-state index is 0. The van der Waals surface area contributed by atoms with Crippen molar-refractivity contribution in [3.8, 4) is 0 Å². The normalized spacial score (nSPS) is 9.23. The van der Waals surface area contributed by atoms with Gasteiger partial charge in [0.25, 0.3) is 0 Å². The molecule has 0 aromatic carbocycles. The van der Waals surface area contributed by atoms with Gasteiger partial charge >= 0.3 is 0 Å². The van der Waals surface area contributed by atoms with Gasteiger partial charge in [0.15, 0.2) is 0 Å². The van der Waals surface area contributed by atoms with E-state index in [4.69, 9.17) is 15.2 Å². The molecule has 0 radical (unpaired) electrons. The predicted molar refractivity (Wildman–Crippen MR) is 59.1 cm³/mol. The maximum Gasteiger partial charge on any atom is 0.0701 e. The van der Waals surface area contributed by atoms with Gasteiger partial charge in [0.05, 0.1) is 19.8 Å². The van der Waals surface area contributed by atoms with E-state index in [1.54, 1.807) is 0 Å². The van der Waals surface area contributed by atoms with Crippen molar-refractivity contribution in [2.45, 2.75) is 33.6 Å². The highest BCUT2D eigenvalue weighted by atomic mass is 16.5. The van der Waals surface area contributed by atoms with Gasteiger partial charge in [-0.05, 0) is 6.42 Å². The average Bonchev–Trinajstić information content (AvgIpc) is 2.20. The van der Waals surface area contributed by atoms with Crippen LogP contribution in [-0.2, 0) is 9.47 Å². The summed E-state index contributed by atoms with van der Waals surface area (Å²) in [6.07, 6.45) is 2.32. The molecule has 0 unspecified atom stereocenters. The van der Waals surface area contributed by atoms with E-state index in [9.17, 15) is 0 Å². The lowest BCUT2D eigenvalue weighted by Crippen LogP contribution is -2.12. The zero-order valence-electron chi connectivity index (χ0n) is 9.34.